The minimum absolute atomic E-state index is 0.182. The van der Waals surface area contributed by atoms with Gasteiger partial charge in [-0.25, -0.2) is 0 Å². The molecule has 0 fully saturated rings. The van der Waals surface area contributed by atoms with E-state index in [1.54, 1.807) is 0 Å². The van der Waals surface area contributed by atoms with Gasteiger partial charge in [0.15, 0.2) is 0 Å². The highest BCUT2D eigenvalue weighted by atomic mass is 15.0. The van der Waals surface area contributed by atoms with Gasteiger partial charge in [-0.3, -0.25) is 0 Å². The molecule has 5 aromatic carbocycles. The zero-order valence-electron chi connectivity index (χ0n) is 17.6. The Morgan fingerprint density at radius 3 is 2.00 bits per heavy atom. The topological polar surface area (TPSA) is 9.34 Å². The third-order valence-electron chi connectivity index (χ3n) is 8.42. The second kappa shape index (κ2) is 4.74. The number of hydrogen-bond donors (Lipinski definition) is 0. The van der Waals surface area contributed by atoms with Gasteiger partial charge in [0.2, 0.25) is 0 Å². The van der Waals surface area contributed by atoms with Crippen LogP contribution in [0.15, 0.2) is 91.0 Å². The largest absolute Gasteiger partial charge is 0.375 e. The summed E-state index contributed by atoms with van der Waals surface area (Å²) in [5.41, 5.74) is 12.5. The SMILES string of the molecule is c1ccc2c(c1)c1cccc3c1n2B1c2cccc4c5cccc6c7ccc-3c1c7n(c24)c56. The Labute approximate surface area is 188 Å². The van der Waals surface area contributed by atoms with Gasteiger partial charge < -0.3 is 8.88 Å². The molecule has 2 nitrogen and oxygen atoms in total. The van der Waals surface area contributed by atoms with E-state index in [0.29, 0.717) is 0 Å². The van der Waals surface area contributed by atoms with E-state index in [-0.39, 0.29) is 6.85 Å². The molecule has 33 heavy (non-hydrogen) atoms. The van der Waals surface area contributed by atoms with Gasteiger partial charge in [0, 0.05) is 48.9 Å². The van der Waals surface area contributed by atoms with Crippen LogP contribution in [0.2, 0.25) is 0 Å². The van der Waals surface area contributed by atoms with Crippen LogP contribution in [0.4, 0.5) is 0 Å². The van der Waals surface area contributed by atoms with Crippen LogP contribution < -0.4 is 10.9 Å². The van der Waals surface area contributed by atoms with E-state index in [2.05, 4.69) is 99.9 Å². The van der Waals surface area contributed by atoms with E-state index in [1.165, 1.54) is 82.0 Å². The fourth-order valence-electron chi connectivity index (χ4n) is 7.34. The van der Waals surface area contributed by atoms with Crippen LogP contribution in [-0.2, 0) is 0 Å². The lowest BCUT2D eigenvalue weighted by Crippen LogP contribution is -2.53. The summed E-state index contributed by atoms with van der Waals surface area (Å²) in [5.74, 6) is 0. The second-order valence-electron chi connectivity index (χ2n) is 9.69. The quantitative estimate of drug-likeness (QED) is 0.274. The Morgan fingerprint density at radius 2 is 1.12 bits per heavy atom. The third kappa shape index (κ3) is 1.42. The summed E-state index contributed by atoms with van der Waals surface area (Å²) in [7, 11) is 0. The van der Waals surface area contributed by atoms with Gasteiger partial charge in [-0.1, -0.05) is 84.9 Å². The van der Waals surface area contributed by atoms with Crippen molar-refractivity contribution in [2.75, 3.05) is 0 Å². The van der Waals surface area contributed by atoms with Crippen molar-refractivity contribution in [3.63, 3.8) is 0 Å². The molecule has 8 aromatic rings. The van der Waals surface area contributed by atoms with Crippen molar-refractivity contribution in [1.29, 1.82) is 0 Å². The summed E-state index contributed by atoms with van der Waals surface area (Å²) in [6.45, 7) is 0.182. The molecule has 2 aliphatic heterocycles. The molecule has 0 aliphatic carbocycles. The second-order valence-corrected chi connectivity index (χ2v) is 9.69. The first kappa shape index (κ1) is 15.5. The summed E-state index contributed by atoms with van der Waals surface area (Å²) in [5, 5.41) is 8.19. The highest BCUT2D eigenvalue weighted by molar-refractivity contribution is 6.91. The van der Waals surface area contributed by atoms with Crippen molar-refractivity contribution in [3.8, 4) is 11.1 Å². The number of para-hydroxylation sites is 4. The minimum Gasteiger partial charge on any atom is -0.375 e. The monoisotopic (exact) mass is 414 g/mol. The van der Waals surface area contributed by atoms with E-state index >= 15 is 0 Å². The molecule has 3 aromatic heterocycles. The molecule has 0 radical (unpaired) electrons. The number of benzene rings is 5. The van der Waals surface area contributed by atoms with Gasteiger partial charge in [-0.15, -0.1) is 0 Å². The fourth-order valence-corrected chi connectivity index (χ4v) is 7.34. The van der Waals surface area contributed by atoms with E-state index < -0.39 is 0 Å². The van der Waals surface area contributed by atoms with E-state index in [1.807, 2.05) is 0 Å². The highest BCUT2D eigenvalue weighted by Crippen LogP contribution is 2.45. The Kier molecular flexibility index (Phi) is 2.23. The number of aromatic nitrogens is 2. The molecule has 0 spiro atoms. The van der Waals surface area contributed by atoms with Crippen molar-refractivity contribution in [2.24, 2.45) is 0 Å². The first-order valence-corrected chi connectivity index (χ1v) is 11.7. The van der Waals surface area contributed by atoms with Crippen molar-refractivity contribution in [3.05, 3.63) is 91.0 Å². The maximum Gasteiger partial charge on any atom is 0.333 e. The Hall–Kier alpha value is -4.24. The van der Waals surface area contributed by atoms with Crippen LogP contribution in [0.5, 0.6) is 0 Å². The predicted molar refractivity (Wildman–Crippen MR) is 140 cm³/mol. The summed E-state index contributed by atoms with van der Waals surface area (Å²) in [6.07, 6.45) is 0. The normalized spacial score (nSPS) is 14.0. The molecule has 0 atom stereocenters. The first-order chi connectivity index (χ1) is 16.4. The standard InChI is InChI=1S/C30H15BN2/c1-2-13-25-16(6-1)18-7-3-8-19-17-14-15-23-21-10-4-9-20-22-11-5-12-24-29(22)32(27(20)21)30(23)26(17)31(24)33(25)28(18)19/h1-15H. The number of hydrogen-bond acceptors (Lipinski definition) is 0. The van der Waals surface area contributed by atoms with Crippen LogP contribution in [0.25, 0.3) is 71.0 Å². The average Bonchev–Trinajstić information content (AvgIpc) is 3.51. The van der Waals surface area contributed by atoms with Crippen molar-refractivity contribution < 1.29 is 0 Å². The molecular weight excluding hydrogens is 399 g/mol. The van der Waals surface area contributed by atoms with Gasteiger partial charge in [0.1, 0.15) is 0 Å². The molecule has 5 heterocycles. The van der Waals surface area contributed by atoms with E-state index in [4.69, 9.17) is 0 Å². The Balaban J connectivity index is 1.60. The predicted octanol–water partition coefficient (Wildman–Crippen LogP) is 5.89. The molecule has 0 amide bonds. The van der Waals surface area contributed by atoms with Crippen LogP contribution in [-0.4, -0.2) is 15.7 Å². The van der Waals surface area contributed by atoms with Crippen molar-refractivity contribution in [2.45, 2.75) is 0 Å². The first-order valence-electron chi connectivity index (χ1n) is 11.7. The summed E-state index contributed by atoms with van der Waals surface area (Å²) >= 11 is 0. The molecular formula is C30H15BN2. The van der Waals surface area contributed by atoms with Crippen LogP contribution in [0, 0.1) is 0 Å². The maximum atomic E-state index is 2.64. The lowest BCUT2D eigenvalue weighted by Gasteiger charge is -2.31. The van der Waals surface area contributed by atoms with Gasteiger partial charge in [0.05, 0.1) is 16.6 Å². The van der Waals surface area contributed by atoms with Gasteiger partial charge in [-0.05, 0) is 22.6 Å². The van der Waals surface area contributed by atoms with E-state index in [9.17, 15) is 0 Å². The lowest BCUT2D eigenvalue weighted by molar-refractivity contribution is 1.30. The van der Waals surface area contributed by atoms with Crippen molar-refractivity contribution in [1.82, 2.24) is 8.88 Å². The molecule has 2 aliphatic rings. The Bertz CT molecular complexity index is 2190. The van der Waals surface area contributed by atoms with Gasteiger partial charge >= 0.3 is 6.85 Å². The molecule has 0 unspecified atom stereocenters. The zero-order valence-corrected chi connectivity index (χ0v) is 17.6. The Morgan fingerprint density at radius 1 is 0.455 bits per heavy atom. The molecule has 148 valence electrons. The van der Waals surface area contributed by atoms with Crippen molar-refractivity contribution >= 4 is 77.7 Å². The average molecular weight is 414 g/mol. The third-order valence-corrected chi connectivity index (χ3v) is 8.42. The number of rotatable bonds is 0. The lowest BCUT2D eigenvalue weighted by atomic mass is 9.46. The molecule has 10 rings (SSSR count). The molecule has 3 heteroatoms. The summed E-state index contributed by atoms with van der Waals surface area (Å²) in [4.78, 5) is 0. The summed E-state index contributed by atoms with van der Waals surface area (Å²) < 4.78 is 5.22. The highest BCUT2D eigenvalue weighted by Gasteiger charge is 2.41. The summed E-state index contributed by atoms with van der Waals surface area (Å²) in [6, 6.07) is 34.3. The van der Waals surface area contributed by atoms with E-state index in [0.717, 1.165) is 0 Å². The molecule has 0 bridgehead atoms. The van der Waals surface area contributed by atoms with Gasteiger partial charge in [-0.2, -0.15) is 0 Å². The zero-order chi connectivity index (χ0) is 21.0. The fraction of sp³-hybridized carbons (Fsp3) is 0. The molecule has 0 N–H and O–H groups in total. The number of fused-ring (bicyclic) bond motifs is 8. The van der Waals surface area contributed by atoms with Crippen LogP contribution in [0.3, 0.4) is 0 Å². The van der Waals surface area contributed by atoms with Crippen LogP contribution in [0.1, 0.15) is 0 Å². The smallest absolute Gasteiger partial charge is 0.333 e. The minimum atomic E-state index is 0.182. The number of nitrogens with zero attached hydrogens (tertiary/aromatic N) is 2. The molecule has 0 saturated carbocycles. The maximum absolute atomic E-state index is 2.64. The molecule has 0 saturated heterocycles. The van der Waals surface area contributed by atoms with Crippen LogP contribution >= 0.6 is 0 Å². The van der Waals surface area contributed by atoms with Gasteiger partial charge in [0.25, 0.3) is 0 Å².